The molecule has 1 heterocycles. The van der Waals surface area contributed by atoms with Gasteiger partial charge in [0.2, 0.25) is 0 Å². The van der Waals surface area contributed by atoms with Gasteiger partial charge in [-0.15, -0.1) is 11.8 Å². The van der Waals surface area contributed by atoms with Crippen molar-refractivity contribution < 1.29 is 0 Å². The monoisotopic (exact) mass is 170 g/mol. The third-order valence-electron chi connectivity index (χ3n) is 1.89. The highest BCUT2D eigenvalue weighted by molar-refractivity contribution is 7.99. The van der Waals surface area contributed by atoms with Gasteiger partial charge < -0.3 is 0 Å². The van der Waals surface area contributed by atoms with Crippen molar-refractivity contribution in [2.24, 2.45) is 0 Å². The summed E-state index contributed by atoms with van der Waals surface area (Å²) in [6.45, 7) is 6.47. The van der Waals surface area contributed by atoms with Crippen LogP contribution in [0, 0.1) is 11.3 Å². The Labute approximate surface area is 72.6 Å². The van der Waals surface area contributed by atoms with E-state index in [0.29, 0.717) is 0 Å². The molecule has 0 aliphatic carbocycles. The van der Waals surface area contributed by atoms with Gasteiger partial charge in [-0.1, -0.05) is 0 Å². The minimum Gasteiger partial charge on any atom is -0.273 e. The molecule has 62 valence electrons. The number of nitriles is 1. The van der Waals surface area contributed by atoms with Crippen LogP contribution in [0.3, 0.4) is 0 Å². The molecule has 1 fully saturated rings. The molecule has 1 saturated heterocycles. The molecule has 0 aromatic rings. The lowest BCUT2D eigenvalue weighted by atomic mass is 10.1. The van der Waals surface area contributed by atoms with Crippen LogP contribution in [0.1, 0.15) is 20.8 Å². The molecule has 11 heavy (non-hydrogen) atoms. The Balaban J connectivity index is 2.66. The maximum absolute atomic E-state index is 8.79. The van der Waals surface area contributed by atoms with E-state index in [1.54, 1.807) is 0 Å². The molecule has 1 rings (SSSR count). The second kappa shape index (κ2) is 3.04. The molecule has 1 atom stereocenters. The fourth-order valence-electron chi connectivity index (χ4n) is 1.21. The van der Waals surface area contributed by atoms with Gasteiger partial charge in [-0.2, -0.15) is 5.26 Å². The van der Waals surface area contributed by atoms with E-state index in [0.717, 1.165) is 11.6 Å². The summed E-state index contributed by atoms with van der Waals surface area (Å²) < 4.78 is 0. The topological polar surface area (TPSA) is 27.0 Å². The predicted octanol–water partition coefficient (Wildman–Crippen LogP) is 1.68. The van der Waals surface area contributed by atoms with Crippen molar-refractivity contribution in [2.75, 3.05) is 11.6 Å². The van der Waals surface area contributed by atoms with Crippen molar-refractivity contribution in [3.8, 4) is 6.07 Å². The van der Waals surface area contributed by atoms with Gasteiger partial charge in [-0.25, -0.2) is 0 Å². The number of hydrogen-bond acceptors (Lipinski definition) is 3. The zero-order valence-corrected chi connectivity index (χ0v) is 8.11. The fraction of sp³-hybridized carbons (Fsp3) is 0.875. The normalized spacial score (nSPS) is 26.9. The summed E-state index contributed by atoms with van der Waals surface area (Å²) >= 11 is 1.85. The smallest absolute Gasteiger partial charge is 0.108 e. The summed E-state index contributed by atoms with van der Waals surface area (Å²) in [5.74, 6) is 1.97. The summed E-state index contributed by atoms with van der Waals surface area (Å²) in [6.07, 6.45) is 0. The van der Waals surface area contributed by atoms with Crippen LogP contribution in [0.2, 0.25) is 0 Å². The van der Waals surface area contributed by atoms with Gasteiger partial charge >= 0.3 is 0 Å². The third-order valence-corrected chi connectivity index (χ3v) is 2.91. The lowest BCUT2D eigenvalue weighted by Gasteiger charge is -2.33. The molecule has 1 aliphatic rings. The molecule has 0 amide bonds. The van der Waals surface area contributed by atoms with Gasteiger partial charge in [-0.3, -0.25) is 4.90 Å². The van der Waals surface area contributed by atoms with Crippen LogP contribution in [0.15, 0.2) is 0 Å². The average Bonchev–Trinajstić information content (AvgIpc) is 2.31. The van der Waals surface area contributed by atoms with Gasteiger partial charge in [0.15, 0.2) is 0 Å². The Hall–Kier alpha value is -0.200. The predicted molar refractivity (Wildman–Crippen MR) is 48.3 cm³/mol. The molecule has 2 nitrogen and oxygen atoms in total. The van der Waals surface area contributed by atoms with Crippen molar-refractivity contribution >= 4 is 11.8 Å². The van der Waals surface area contributed by atoms with E-state index < -0.39 is 0 Å². The van der Waals surface area contributed by atoms with Crippen molar-refractivity contribution in [3.63, 3.8) is 0 Å². The average molecular weight is 170 g/mol. The maximum Gasteiger partial charge on any atom is 0.108 e. The van der Waals surface area contributed by atoms with Gasteiger partial charge in [0.1, 0.15) is 6.04 Å². The standard InChI is InChI=1S/C8H14N2S/c1-8(2,3)10-6-11-5-7(10)4-9/h7H,5-6H2,1-3H3. The van der Waals surface area contributed by atoms with Crippen LogP contribution >= 0.6 is 11.8 Å². The van der Waals surface area contributed by atoms with E-state index in [9.17, 15) is 0 Å². The highest BCUT2D eigenvalue weighted by Gasteiger charge is 2.32. The van der Waals surface area contributed by atoms with Crippen molar-refractivity contribution in [2.45, 2.75) is 32.4 Å². The molecule has 0 N–H and O–H groups in total. The number of nitrogens with zero attached hydrogens (tertiary/aromatic N) is 2. The first-order valence-corrected chi connectivity index (χ1v) is 4.95. The second-order valence-corrected chi connectivity index (χ2v) is 4.79. The lowest BCUT2D eigenvalue weighted by molar-refractivity contribution is 0.156. The molecule has 1 unspecified atom stereocenters. The van der Waals surface area contributed by atoms with Gasteiger partial charge in [0.25, 0.3) is 0 Å². The highest BCUT2D eigenvalue weighted by Crippen LogP contribution is 2.27. The van der Waals surface area contributed by atoms with E-state index in [4.69, 9.17) is 5.26 Å². The van der Waals surface area contributed by atoms with Crippen molar-refractivity contribution in [1.82, 2.24) is 4.90 Å². The van der Waals surface area contributed by atoms with E-state index in [-0.39, 0.29) is 11.6 Å². The van der Waals surface area contributed by atoms with Crippen LogP contribution < -0.4 is 0 Å². The van der Waals surface area contributed by atoms with Gasteiger partial charge in [0.05, 0.1) is 6.07 Å². The summed E-state index contributed by atoms with van der Waals surface area (Å²) in [7, 11) is 0. The molecule has 0 saturated carbocycles. The second-order valence-electron chi connectivity index (χ2n) is 3.79. The minimum atomic E-state index is 0.125. The van der Waals surface area contributed by atoms with E-state index in [2.05, 4.69) is 31.7 Å². The first-order valence-electron chi connectivity index (χ1n) is 3.80. The summed E-state index contributed by atoms with van der Waals surface area (Å²) in [5.41, 5.74) is 0.143. The molecule has 0 radical (unpaired) electrons. The number of rotatable bonds is 0. The number of hydrogen-bond donors (Lipinski definition) is 0. The summed E-state index contributed by atoms with van der Waals surface area (Å²) in [6, 6.07) is 2.45. The maximum atomic E-state index is 8.79. The van der Waals surface area contributed by atoms with Crippen LogP contribution in [0.25, 0.3) is 0 Å². The summed E-state index contributed by atoms with van der Waals surface area (Å²) in [5, 5.41) is 8.79. The summed E-state index contributed by atoms with van der Waals surface area (Å²) in [4.78, 5) is 2.25. The Bertz CT molecular complexity index is 178. The molecule has 0 aromatic heterocycles. The highest BCUT2D eigenvalue weighted by atomic mass is 32.2. The van der Waals surface area contributed by atoms with Crippen LogP contribution in [-0.4, -0.2) is 28.1 Å². The van der Waals surface area contributed by atoms with Crippen molar-refractivity contribution in [3.05, 3.63) is 0 Å². The molecule has 0 bridgehead atoms. The Morgan fingerprint density at radius 1 is 1.55 bits per heavy atom. The van der Waals surface area contributed by atoms with Gasteiger partial charge in [0, 0.05) is 17.2 Å². The van der Waals surface area contributed by atoms with Crippen LogP contribution in [-0.2, 0) is 0 Å². The third kappa shape index (κ3) is 1.88. The van der Waals surface area contributed by atoms with Crippen LogP contribution in [0.4, 0.5) is 0 Å². The first kappa shape index (κ1) is 8.89. The Morgan fingerprint density at radius 3 is 2.55 bits per heavy atom. The largest absolute Gasteiger partial charge is 0.273 e. The van der Waals surface area contributed by atoms with E-state index >= 15 is 0 Å². The minimum absolute atomic E-state index is 0.125. The molecule has 0 aromatic carbocycles. The SMILES string of the molecule is CC(C)(C)N1CSCC1C#N. The zero-order chi connectivity index (χ0) is 8.48. The lowest BCUT2D eigenvalue weighted by Crippen LogP contribution is -2.44. The fourth-order valence-corrected chi connectivity index (χ4v) is 2.56. The van der Waals surface area contributed by atoms with Crippen molar-refractivity contribution in [1.29, 1.82) is 5.26 Å². The Morgan fingerprint density at radius 2 is 2.18 bits per heavy atom. The number of thioether (sulfide) groups is 1. The molecular weight excluding hydrogens is 156 g/mol. The first-order chi connectivity index (χ1) is 5.05. The quantitative estimate of drug-likeness (QED) is 0.553. The Kier molecular flexibility index (Phi) is 2.46. The molecule has 0 spiro atoms. The molecule has 3 heteroatoms. The molecule has 1 aliphatic heterocycles. The van der Waals surface area contributed by atoms with Gasteiger partial charge in [-0.05, 0) is 20.8 Å². The zero-order valence-electron chi connectivity index (χ0n) is 7.29. The molecular formula is C8H14N2S. The van der Waals surface area contributed by atoms with E-state index in [1.165, 1.54) is 0 Å². The van der Waals surface area contributed by atoms with Crippen LogP contribution in [0.5, 0.6) is 0 Å². The van der Waals surface area contributed by atoms with E-state index in [1.807, 2.05) is 11.8 Å².